The van der Waals surface area contributed by atoms with Gasteiger partial charge in [0.2, 0.25) is 0 Å². The standard InChI is InChI=1S/C18H31N3/c1-5-16-15(10-11-19-7-3)17(6-2)21-18(20-16)14-9-8-13(4)12-14/h13-14,19H,5-12H2,1-4H3. The Balaban J connectivity index is 2.25. The quantitative estimate of drug-likeness (QED) is 0.779. The summed E-state index contributed by atoms with van der Waals surface area (Å²) >= 11 is 0. The molecule has 0 saturated heterocycles. The molecule has 1 N–H and O–H groups in total. The number of aromatic nitrogens is 2. The Labute approximate surface area is 130 Å². The monoisotopic (exact) mass is 289 g/mol. The van der Waals surface area contributed by atoms with Gasteiger partial charge in [-0.2, -0.15) is 0 Å². The van der Waals surface area contributed by atoms with E-state index in [0.717, 1.165) is 44.1 Å². The zero-order chi connectivity index (χ0) is 15.2. The van der Waals surface area contributed by atoms with Gasteiger partial charge in [0.15, 0.2) is 0 Å². The largest absolute Gasteiger partial charge is 0.317 e. The molecule has 1 saturated carbocycles. The van der Waals surface area contributed by atoms with Crippen LogP contribution in [0.3, 0.4) is 0 Å². The Morgan fingerprint density at radius 3 is 2.19 bits per heavy atom. The molecule has 2 atom stereocenters. The lowest BCUT2D eigenvalue weighted by Crippen LogP contribution is -2.19. The third kappa shape index (κ3) is 4.03. The Kier molecular flexibility index (Phi) is 6.16. The molecule has 21 heavy (non-hydrogen) atoms. The maximum atomic E-state index is 4.96. The minimum absolute atomic E-state index is 0.596. The van der Waals surface area contributed by atoms with Gasteiger partial charge in [-0.3, -0.25) is 0 Å². The van der Waals surface area contributed by atoms with Crippen LogP contribution in [-0.4, -0.2) is 23.1 Å². The van der Waals surface area contributed by atoms with Gasteiger partial charge in [-0.05, 0) is 63.1 Å². The van der Waals surface area contributed by atoms with Crippen LogP contribution in [0.4, 0.5) is 0 Å². The first kappa shape index (κ1) is 16.4. The van der Waals surface area contributed by atoms with Crippen LogP contribution in [0.5, 0.6) is 0 Å². The summed E-state index contributed by atoms with van der Waals surface area (Å²) in [5.74, 6) is 2.56. The van der Waals surface area contributed by atoms with Crippen molar-refractivity contribution in [3.63, 3.8) is 0 Å². The van der Waals surface area contributed by atoms with Gasteiger partial charge in [-0.15, -0.1) is 0 Å². The van der Waals surface area contributed by atoms with Crippen LogP contribution in [0, 0.1) is 5.92 Å². The summed E-state index contributed by atoms with van der Waals surface area (Å²) in [7, 11) is 0. The zero-order valence-electron chi connectivity index (χ0n) is 14.2. The summed E-state index contributed by atoms with van der Waals surface area (Å²) in [5.41, 5.74) is 3.97. The van der Waals surface area contributed by atoms with Crippen molar-refractivity contribution in [2.75, 3.05) is 13.1 Å². The average Bonchev–Trinajstić information content (AvgIpc) is 2.93. The number of hydrogen-bond donors (Lipinski definition) is 1. The van der Waals surface area contributed by atoms with Crippen molar-refractivity contribution in [1.82, 2.24) is 15.3 Å². The first-order chi connectivity index (χ1) is 10.2. The van der Waals surface area contributed by atoms with Crippen molar-refractivity contribution < 1.29 is 0 Å². The van der Waals surface area contributed by atoms with Gasteiger partial charge in [-0.25, -0.2) is 9.97 Å². The number of hydrogen-bond acceptors (Lipinski definition) is 3. The van der Waals surface area contributed by atoms with E-state index in [2.05, 4.69) is 33.0 Å². The van der Waals surface area contributed by atoms with Crippen LogP contribution in [0.1, 0.15) is 75.7 Å². The van der Waals surface area contributed by atoms with Crippen molar-refractivity contribution in [2.24, 2.45) is 5.92 Å². The molecule has 0 bridgehead atoms. The van der Waals surface area contributed by atoms with Crippen molar-refractivity contribution in [2.45, 2.75) is 72.1 Å². The molecule has 3 heteroatoms. The van der Waals surface area contributed by atoms with Gasteiger partial charge in [0.05, 0.1) is 0 Å². The second kappa shape index (κ2) is 7.88. The minimum atomic E-state index is 0.596. The normalized spacial score (nSPS) is 21.9. The van der Waals surface area contributed by atoms with E-state index >= 15 is 0 Å². The summed E-state index contributed by atoms with van der Waals surface area (Å²) < 4.78 is 0. The Hall–Kier alpha value is -0.960. The predicted octanol–water partition coefficient (Wildman–Crippen LogP) is 3.66. The van der Waals surface area contributed by atoms with E-state index < -0.39 is 0 Å². The maximum Gasteiger partial charge on any atom is 0.131 e. The van der Waals surface area contributed by atoms with Crippen molar-refractivity contribution in [3.05, 3.63) is 22.8 Å². The number of rotatable bonds is 7. The highest BCUT2D eigenvalue weighted by Crippen LogP contribution is 2.36. The summed E-state index contributed by atoms with van der Waals surface area (Å²) in [5, 5.41) is 3.42. The minimum Gasteiger partial charge on any atom is -0.317 e. The molecule has 1 aromatic heterocycles. The van der Waals surface area contributed by atoms with E-state index in [4.69, 9.17) is 9.97 Å². The smallest absolute Gasteiger partial charge is 0.131 e. The third-order valence-corrected chi connectivity index (χ3v) is 4.73. The lowest BCUT2D eigenvalue weighted by Gasteiger charge is -2.17. The summed E-state index contributed by atoms with van der Waals surface area (Å²) in [6, 6.07) is 0. The van der Waals surface area contributed by atoms with Crippen LogP contribution in [0.15, 0.2) is 0 Å². The Bertz CT molecular complexity index is 431. The second-order valence-electron chi connectivity index (χ2n) is 6.38. The summed E-state index contributed by atoms with van der Waals surface area (Å²) in [6.07, 6.45) is 6.96. The highest BCUT2D eigenvalue weighted by Gasteiger charge is 2.26. The van der Waals surface area contributed by atoms with Gasteiger partial charge in [0, 0.05) is 17.3 Å². The topological polar surface area (TPSA) is 37.8 Å². The molecule has 2 rings (SSSR count). The highest BCUT2D eigenvalue weighted by molar-refractivity contribution is 5.28. The zero-order valence-corrected chi connectivity index (χ0v) is 14.2. The van der Waals surface area contributed by atoms with Crippen LogP contribution < -0.4 is 5.32 Å². The Morgan fingerprint density at radius 1 is 1.05 bits per heavy atom. The van der Waals surface area contributed by atoms with E-state index in [1.807, 2.05) is 0 Å². The van der Waals surface area contributed by atoms with Crippen molar-refractivity contribution in [1.29, 1.82) is 0 Å². The molecule has 2 unspecified atom stereocenters. The lowest BCUT2D eigenvalue weighted by molar-refractivity contribution is 0.580. The third-order valence-electron chi connectivity index (χ3n) is 4.73. The molecule has 1 heterocycles. The number of aryl methyl sites for hydroxylation is 2. The van der Waals surface area contributed by atoms with Gasteiger partial charge < -0.3 is 5.32 Å². The molecule has 0 aliphatic heterocycles. The first-order valence-corrected chi connectivity index (χ1v) is 8.78. The molecular formula is C18H31N3. The van der Waals surface area contributed by atoms with E-state index in [1.165, 1.54) is 36.2 Å². The molecule has 1 aliphatic carbocycles. The Morgan fingerprint density at radius 2 is 1.71 bits per heavy atom. The lowest BCUT2D eigenvalue weighted by atomic mass is 10.0. The van der Waals surface area contributed by atoms with Crippen LogP contribution in [0.2, 0.25) is 0 Å². The van der Waals surface area contributed by atoms with Crippen LogP contribution in [-0.2, 0) is 19.3 Å². The summed E-state index contributed by atoms with van der Waals surface area (Å²) in [6.45, 7) is 11.0. The molecule has 0 aromatic carbocycles. The SMILES string of the molecule is CCNCCc1c(CC)nc(C2CCC(C)C2)nc1CC. The molecule has 1 fully saturated rings. The van der Waals surface area contributed by atoms with Crippen LogP contribution >= 0.6 is 0 Å². The first-order valence-electron chi connectivity index (χ1n) is 8.78. The van der Waals surface area contributed by atoms with Crippen LogP contribution in [0.25, 0.3) is 0 Å². The average molecular weight is 289 g/mol. The van der Waals surface area contributed by atoms with Crippen molar-refractivity contribution >= 4 is 0 Å². The van der Waals surface area contributed by atoms with E-state index in [1.54, 1.807) is 0 Å². The molecule has 118 valence electrons. The van der Waals surface area contributed by atoms with E-state index in [9.17, 15) is 0 Å². The predicted molar refractivity (Wildman–Crippen MR) is 88.8 cm³/mol. The fourth-order valence-electron chi connectivity index (χ4n) is 3.49. The molecule has 0 spiro atoms. The summed E-state index contributed by atoms with van der Waals surface area (Å²) in [4.78, 5) is 9.91. The second-order valence-corrected chi connectivity index (χ2v) is 6.38. The molecule has 1 aliphatic rings. The maximum absolute atomic E-state index is 4.96. The number of likely N-dealkylation sites (N-methyl/N-ethyl adjacent to an activating group) is 1. The molecular weight excluding hydrogens is 258 g/mol. The van der Waals surface area contributed by atoms with Gasteiger partial charge in [0.1, 0.15) is 5.82 Å². The highest BCUT2D eigenvalue weighted by atomic mass is 14.9. The molecule has 3 nitrogen and oxygen atoms in total. The van der Waals surface area contributed by atoms with Gasteiger partial charge in [-0.1, -0.05) is 27.7 Å². The van der Waals surface area contributed by atoms with Gasteiger partial charge in [0.25, 0.3) is 0 Å². The molecule has 1 aromatic rings. The number of nitrogens with one attached hydrogen (secondary N) is 1. The molecule has 0 radical (unpaired) electrons. The fraction of sp³-hybridized carbons (Fsp3) is 0.778. The van der Waals surface area contributed by atoms with E-state index in [0.29, 0.717) is 5.92 Å². The molecule has 0 amide bonds. The van der Waals surface area contributed by atoms with Gasteiger partial charge >= 0.3 is 0 Å². The van der Waals surface area contributed by atoms with Crippen molar-refractivity contribution in [3.8, 4) is 0 Å². The van der Waals surface area contributed by atoms with E-state index in [-0.39, 0.29) is 0 Å². The fourth-order valence-corrected chi connectivity index (χ4v) is 3.49. The number of nitrogens with zero attached hydrogens (tertiary/aromatic N) is 2.